The van der Waals surface area contributed by atoms with Crippen LogP contribution in [-0.4, -0.2) is 22.6 Å². The number of nitrogens with zero attached hydrogens (tertiary/aromatic N) is 1. The van der Waals surface area contributed by atoms with Crippen molar-refractivity contribution in [2.24, 2.45) is 5.10 Å². The summed E-state index contributed by atoms with van der Waals surface area (Å²) in [7, 11) is -1.04. The third kappa shape index (κ3) is 5.23. The van der Waals surface area contributed by atoms with Gasteiger partial charge in [-0.15, -0.1) is 0 Å². The molecule has 166 valence electrons. The molecule has 0 spiro atoms. The lowest BCUT2D eigenvalue weighted by atomic mass is 10.0. The van der Waals surface area contributed by atoms with Crippen molar-refractivity contribution in [1.29, 1.82) is 0 Å². The number of nitrogens with one attached hydrogen (secondary N) is 1. The number of allylic oxidation sites excluding steroid dienone is 2. The van der Waals surface area contributed by atoms with Gasteiger partial charge < -0.3 is 0 Å². The highest BCUT2D eigenvalue weighted by Gasteiger charge is 2.25. The maximum atomic E-state index is 14.1. The second kappa shape index (κ2) is 9.88. The SMILES string of the molecule is CC1=C(CC(=O)N/N=C\c2ccccc2)c2cc(F)ccc2/C1=C\c1ccc(S(C)=O)cc1. The van der Waals surface area contributed by atoms with E-state index in [-0.39, 0.29) is 18.1 Å². The van der Waals surface area contributed by atoms with E-state index in [1.54, 1.807) is 18.5 Å². The van der Waals surface area contributed by atoms with Crippen molar-refractivity contribution >= 4 is 40.1 Å². The fourth-order valence-corrected chi connectivity index (χ4v) is 4.34. The van der Waals surface area contributed by atoms with Crippen LogP contribution in [-0.2, 0) is 15.6 Å². The molecular weight excluding hydrogens is 435 g/mol. The van der Waals surface area contributed by atoms with Crippen LogP contribution in [0, 0.1) is 5.82 Å². The van der Waals surface area contributed by atoms with Crippen molar-refractivity contribution in [3.8, 4) is 0 Å². The van der Waals surface area contributed by atoms with Gasteiger partial charge in [0.25, 0.3) is 0 Å². The van der Waals surface area contributed by atoms with E-state index in [0.29, 0.717) is 5.56 Å². The first kappa shape index (κ1) is 22.6. The number of amides is 1. The van der Waals surface area contributed by atoms with Gasteiger partial charge in [-0.25, -0.2) is 9.82 Å². The number of hydrazone groups is 1. The zero-order chi connectivity index (χ0) is 23.4. The molecule has 0 radical (unpaired) electrons. The van der Waals surface area contributed by atoms with Crippen LogP contribution < -0.4 is 5.43 Å². The summed E-state index contributed by atoms with van der Waals surface area (Å²) in [6.07, 6.45) is 5.31. The van der Waals surface area contributed by atoms with E-state index in [9.17, 15) is 13.4 Å². The Bertz CT molecular complexity index is 1310. The molecule has 3 aromatic carbocycles. The summed E-state index contributed by atoms with van der Waals surface area (Å²) in [6.45, 7) is 1.94. The molecule has 6 heteroatoms. The van der Waals surface area contributed by atoms with Gasteiger partial charge in [0, 0.05) is 22.0 Å². The third-order valence-electron chi connectivity index (χ3n) is 5.52. The van der Waals surface area contributed by atoms with Crippen LogP contribution in [0.5, 0.6) is 0 Å². The fourth-order valence-electron chi connectivity index (χ4n) is 3.82. The standard InChI is InChI=1S/C27H23FN2O2S/c1-18-24(14-19-8-11-22(12-9-19)33(2)32)23-13-10-21(28)15-26(23)25(18)16-27(31)30-29-17-20-6-4-3-5-7-20/h3-15,17H,16H2,1-2H3,(H,30,31)/b24-14-,29-17-. The largest absolute Gasteiger partial charge is 0.273 e. The molecule has 1 amide bonds. The highest BCUT2D eigenvalue weighted by atomic mass is 32.2. The van der Waals surface area contributed by atoms with E-state index in [0.717, 1.165) is 38.3 Å². The average molecular weight is 459 g/mol. The monoisotopic (exact) mass is 458 g/mol. The molecule has 0 heterocycles. The molecule has 0 aliphatic heterocycles. The Kier molecular flexibility index (Phi) is 6.75. The van der Waals surface area contributed by atoms with Crippen LogP contribution in [0.3, 0.4) is 0 Å². The van der Waals surface area contributed by atoms with Gasteiger partial charge in [0.05, 0.1) is 12.6 Å². The third-order valence-corrected chi connectivity index (χ3v) is 6.45. The first-order chi connectivity index (χ1) is 15.9. The minimum Gasteiger partial charge on any atom is -0.273 e. The molecule has 0 bridgehead atoms. The summed E-state index contributed by atoms with van der Waals surface area (Å²) < 4.78 is 25.7. The Labute approximate surface area is 195 Å². The summed E-state index contributed by atoms with van der Waals surface area (Å²) >= 11 is 0. The molecule has 1 unspecified atom stereocenters. The molecule has 1 atom stereocenters. The predicted molar refractivity (Wildman–Crippen MR) is 132 cm³/mol. The zero-order valence-electron chi connectivity index (χ0n) is 18.3. The number of rotatable bonds is 6. The summed E-state index contributed by atoms with van der Waals surface area (Å²) in [4.78, 5) is 13.4. The van der Waals surface area contributed by atoms with Crippen LogP contribution in [0.15, 0.2) is 88.4 Å². The van der Waals surface area contributed by atoms with Crippen molar-refractivity contribution in [1.82, 2.24) is 5.43 Å². The van der Waals surface area contributed by atoms with Crippen LogP contribution in [0.1, 0.15) is 35.6 Å². The molecule has 1 aliphatic carbocycles. The molecular formula is C27H23FN2O2S. The number of hydrogen-bond acceptors (Lipinski definition) is 3. The Morgan fingerprint density at radius 2 is 1.73 bits per heavy atom. The van der Waals surface area contributed by atoms with E-state index >= 15 is 0 Å². The molecule has 0 saturated heterocycles. The van der Waals surface area contributed by atoms with Gasteiger partial charge in [-0.2, -0.15) is 5.10 Å². The zero-order valence-corrected chi connectivity index (χ0v) is 19.2. The first-order valence-corrected chi connectivity index (χ1v) is 12.0. The fraction of sp³-hybridized carbons (Fsp3) is 0.111. The number of halogens is 1. The van der Waals surface area contributed by atoms with E-state index in [2.05, 4.69) is 10.5 Å². The second-order valence-corrected chi connectivity index (χ2v) is 9.13. The van der Waals surface area contributed by atoms with Crippen molar-refractivity contribution in [2.75, 3.05) is 6.26 Å². The molecule has 33 heavy (non-hydrogen) atoms. The number of benzene rings is 3. The molecule has 4 nitrogen and oxygen atoms in total. The van der Waals surface area contributed by atoms with Gasteiger partial charge in [0.1, 0.15) is 5.82 Å². The molecule has 0 aromatic heterocycles. The minimum absolute atomic E-state index is 0.0828. The van der Waals surface area contributed by atoms with E-state index in [4.69, 9.17) is 0 Å². The normalized spacial score (nSPS) is 15.2. The Hall–Kier alpha value is -3.64. The molecule has 1 N–H and O–H groups in total. The van der Waals surface area contributed by atoms with E-state index in [1.165, 1.54) is 12.1 Å². The first-order valence-electron chi connectivity index (χ1n) is 10.4. The molecule has 3 aromatic rings. The van der Waals surface area contributed by atoms with Crippen molar-refractivity contribution < 1.29 is 13.4 Å². The van der Waals surface area contributed by atoms with Crippen LogP contribution in [0.2, 0.25) is 0 Å². The molecule has 1 aliphatic rings. The number of carbonyl (C=O) groups excluding carboxylic acids is 1. The predicted octanol–water partition coefficient (Wildman–Crippen LogP) is 5.43. The smallest absolute Gasteiger partial charge is 0.244 e. The van der Waals surface area contributed by atoms with Gasteiger partial charge in [0.2, 0.25) is 5.91 Å². The summed E-state index contributed by atoms with van der Waals surface area (Å²) in [5.41, 5.74) is 8.60. The van der Waals surface area contributed by atoms with Crippen molar-refractivity contribution in [3.05, 3.63) is 106 Å². The quantitative estimate of drug-likeness (QED) is 0.395. The Balaban J connectivity index is 1.60. The molecule has 4 rings (SSSR count). The second-order valence-electron chi connectivity index (χ2n) is 7.76. The maximum absolute atomic E-state index is 14.1. The minimum atomic E-state index is -1.04. The van der Waals surface area contributed by atoms with Gasteiger partial charge in [-0.05, 0) is 76.2 Å². The summed E-state index contributed by atoms with van der Waals surface area (Å²) in [6, 6.07) is 21.6. The van der Waals surface area contributed by atoms with Gasteiger partial charge in [0.15, 0.2) is 0 Å². The topological polar surface area (TPSA) is 58.5 Å². The van der Waals surface area contributed by atoms with Crippen molar-refractivity contribution in [3.63, 3.8) is 0 Å². The summed E-state index contributed by atoms with van der Waals surface area (Å²) in [5, 5.41) is 4.03. The average Bonchev–Trinajstić information content (AvgIpc) is 3.05. The highest BCUT2D eigenvalue weighted by molar-refractivity contribution is 7.84. The highest BCUT2D eigenvalue weighted by Crippen LogP contribution is 2.43. The van der Waals surface area contributed by atoms with Gasteiger partial charge in [-0.1, -0.05) is 48.5 Å². The summed E-state index contributed by atoms with van der Waals surface area (Å²) in [5.74, 6) is -0.625. The molecule has 0 saturated carbocycles. The van der Waals surface area contributed by atoms with E-state index in [1.807, 2.05) is 67.6 Å². The van der Waals surface area contributed by atoms with Crippen molar-refractivity contribution in [2.45, 2.75) is 18.2 Å². The van der Waals surface area contributed by atoms with E-state index < -0.39 is 10.8 Å². The maximum Gasteiger partial charge on any atom is 0.244 e. The lowest BCUT2D eigenvalue weighted by molar-refractivity contribution is -0.120. The van der Waals surface area contributed by atoms with Gasteiger partial charge >= 0.3 is 0 Å². The Morgan fingerprint density at radius 1 is 1.00 bits per heavy atom. The van der Waals surface area contributed by atoms with Crippen LogP contribution in [0.25, 0.3) is 17.2 Å². The number of carbonyl (C=O) groups is 1. The lowest BCUT2D eigenvalue weighted by Gasteiger charge is -2.05. The lowest BCUT2D eigenvalue weighted by Crippen LogP contribution is -2.17. The number of hydrogen-bond donors (Lipinski definition) is 1. The Morgan fingerprint density at radius 3 is 2.42 bits per heavy atom. The van der Waals surface area contributed by atoms with Gasteiger partial charge in [-0.3, -0.25) is 9.00 Å². The van der Waals surface area contributed by atoms with Crippen LogP contribution >= 0.6 is 0 Å². The number of fused-ring (bicyclic) bond motifs is 1. The van der Waals surface area contributed by atoms with Crippen LogP contribution in [0.4, 0.5) is 4.39 Å². The molecule has 0 fully saturated rings.